The Morgan fingerprint density at radius 2 is 1.86 bits per heavy atom. The van der Waals surface area contributed by atoms with Crippen molar-refractivity contribution in [3.05, 3.63) is 29.8 Å². The van der Waals surface area contributed by atoms with Gasteiger partial charge in [0.15, 0.2) is 0 Å². The van der Waals surface area contributed by atoms with Gasteiger partial charge in [-0.1, -0.05) is 51.8 Å². The van der Waals surface area contributed by atoms with Crippen LogP contribution in [0.15, 0.2) is 29.2 Å². The Balaban J connectivity index is 1.85. The molecule has 1 aliphatic carbocycles. The molecule has 0 aromatic heterocycles. The lowest BCUT2D eigenvalue weighted by molar-refractivity contribution is 0.158. The zero-order valence-corrected chi connectivity index (χ0v) is 15.1. The summed E-state index contributed by atoms with van der Waals surface area (Å²) < 4.78 is 0.268. The van der Waals surface area contributed by atoms with Gasteiger partial charge in [-0.2, -0.15) is 0 Å². The fourth-order valence-corrected chi connectivity index (χ4v) is 4.44. The molecule has 3 rings (SSSR count). The summed E-state index contributed by atoms with van der Waals surface area (Å²) in [6, 6.07) is 9.74. The molecule has 1 atom stereocenters. The van der Waals surface area contributed by atoms with E-state index in [2.05, 4.69) is 55.3 Å². The normalized spacial score (nSPS) is 21.8. The fourth-order valence-electron chi connectivity index (χ4n) is 3.31. The number of rotatable bonds is 5. The van der Waals surface area contributed by atoms with Crippen molar-refractivity contribution >= 4 is 11.8 Å². The van der Waals surface area contributed by atoms with Crippen LogP contribution in [0.25, 0.3) is 0 Å². The Labute approximate surface area is 140 Å². The van der Waals surface area contributed by atoms with Crippen LogP contribution in [0.4, 0.5) is 0 Å². The van der Waals surface area contributed by atoms with Crippen molar-refractivity contribution in [3.63, 3.8) is 0 Å². The van der Waals surface area contributed by atoms with E-state index in [9.17, 15) is 0 Å². The topological polar surface area (TPSA) is 15.3 Å². The minimum Gasteiger partial charge on any atom is -0.314 e. The molecule has 0 radical (unpaired) electrons. The Morgan fingerprint density at radius 1 is 1.18 bits per heavy atom. The molecule has 0 spiro atoms. The molecule has 1 heterocycles. The van der Waals surface area contributed by atoms with Crippen LogP contribution in [0.5, 0.6) is 0 Å². The summed E-state index contributed by atoms with van der Waals surface area (Å²) in [7, 11) is 0. The number of nitrogens with zero attached hydrogens (tertiary/aromatic N) is 1. The number of benzene rings is 1. The maximum Gasteiger partial charge on any atom is 0.0362 e. The Hall–Kier alpha value is -0.510. The first-order valence-electron chi connectivity index (χ1n) is 8.76. The molecule has 1 saturated heterocycles. The summed E-state index contributed by atoms with van der Waals surface area (Å²) >= 11 is 2.02. The van der Waals surface area contributed by atoms with E-state index in [4.69, 9.17) is 0 Å². The highest BCUT2D eigenvalue weighted by atomic mass is 32.2. The number of piperazine rings is 1. The SMILES string of the molecule is CC(C)(C)Sc1ccccc1[C@@H](CC1CC1)N1CCNCC1. The quantitative estimate of drug-likeness (QED) is 0.814. The van der Waals surface area contributed by atoms with Crippen LogP contribution < -0.4 is 5.32 Å². The van der Waals surface area contributed by atoms with E-state index in [1.807, 2.05) is 11.8 Å². The third-order valence-corrected chi connectivity index (χ3v) is 5.74. The summed E-state index contributed by atoms with van der Waals surface area (Å²) in [6.45, 7) is 11.6. The molecule has 0 amide bonds. The van der Waals surface area contributed by atoms with Crippen molar-refractivity contribution in [1.82, 2.24) is 10.2 Å². The van der Waals surface area contributed by atoms with E-state index < -0.39 is 0 Å². The highest BCUT2D eigenvalue weighted by Gasteiger charge is 2.32. The highest BCUT2D eigenvalue weighted by molar-refractivity contribution is 8.00. The second-order valence-corrected chi connectivity index (χ2v) is 9.60. The minimum absolute atomic E-state index is 0.268. The third-order valence-electron chi connectivity index (χ3n) is 4.54. The van der Waals surface area contributed by atoms with Gasteiger partial charge < -0.3 is 5.32 Å². The van der Waals surface area contributed by atoms with Gasteiger partial charge in [0.2, 0.25) is 0 Å². The molecule has 0 unspecified atom stereocenters. The van der Waals surface area contributed by atoms with Crippen molar-refractivity contribution in [2.75, 3.05) is 26.2 Å². The molecule has 22 heavy (non-hydrogen) atoms. The number of thioether (sulfide) groups is 1. The second kappa shape index (κ2) is 6.94. The number of hydrogen-bond donors (Lipinski definition) is 1. The Bertz CT molecular complexity index is 484. The lowest BCUT2D eigenvalue weighted by Crippen LogP contribution is -2.45. The van der Waals surface area contributed by atoms with Gasteiger partial charge in [0.1, 0.15) is 0 Å². The van der Waals surface area contributed by atoms with Crippen molar-refractivity contribution < 1.29 is 0 Å². The van der Waals surface area contributed by atoms with Gasteiger partial charge in [0, 0.05) is 41.9 Å². The zero-order valence-electron chi connectivity index (χ0n) is 14.3. The summed E-state index contributed by atoms with van der Waals surface area (Å²) in [6.07, 6.45) is 4.23. The van der Waals surface area contributed by atoms with Gasteiger partial charge in [0.05, 0.1) is 0 Å². The molecular formula is C19H30N2S. The zero-order chi connectivity index (χ0) is 15.6. The summed E-state index contributed by atoms with van der Waals surface area (Å²) in [5, 5.41) is 3.50. The summed E-state index contributed by atoms with van der Waals surface area (Å²) in [5.41, 5.74) is 1.57. The molecular weight excluding hydrogens is 288 g/mol. The maximum atomic E-state index is 3.50. The molecule has 122 valence electrons. The molecule has 1 saturated carbocycles. The smallest absolute Gasteiger partial charge is 0.0362 e. The molecule has 3 heteroatoms. The van der Waals surface area contributed by atoms with Gasteiger partial charge in [-0.15, -0.1) is 11.8 Å². The Morgan fingerprint density at radius 3 is 2.50 bits per heavy atom. The molecule has 2 nitrogen and oxygen atoms in total. The third kappa shape index (κ3) is 4.50. The van der Waals surface area contributed by atoms with Gasteiger partial charge in [-0.3, -0.25) is 4.90 Å². The monoisotopic (exact) mass is 318 g/mol. The second-order valence-electron chi connectivity index (χ2n) is 7.73. The summed E-state index contributed by atoms with van der Waals surface area (Å²) in [4.78, 5) is 4.20. The molecule has 1 aliphatic heterocycles. The summed E-state index contributed by atoms with van der Waals surface area (Å²) in [5.74, 6) is 0.965. The average molecular weight is 319 g/mol. The molecule has 1 aromatic rings. The first kappa shape index (κ1) is 16.4. The van der Waals surface area contributed by atoms with Gasteiger partial charge in [0.25, 0.3) is 0 Å². The van der Waals surface area contributed by atoms with Crippen molar-refractivity contribution in [2.24, 2.45) is 5.92 Å². The van der Waals surface area contributed by atoms with Crippen LogP contribution in [0.3, 0.4) is 0 Å². The average Bonchev–Trinajstić information content (AvgIpc) is 3.29. The van der Waals surface area contributed by atoms with Gasteiger partial charge in [-0.05, 0) is 24.0 Å². The lowest BCUT2D eigenvalue weighted by Gasteiger charge is -2.36. The van der Waals surface area contributed by atoms with Crippen LogP contribution >= 0.6 is 11.8 Å². The standard InChI is InChI=1S/C19H30N2S/c1-19(2,3)22-18-7-5-4-6-16(18)17(14-15-8-9-15)21-12-10-20-11-13-21/h4-7,15,17,20H,8-14H2,1-3H3/t17-/m1/s1. The molecule has 2 fully saturated rings. The molecule has 1 aromatic carbocycles. The van der Waals surface area contributed by atoms with Crippen molar-refractivity contribution in [1.29, 1.82) is 0 Å². The predicted octanol–water partition coefficient (Wildman–Crippen LogP) is 4.32. The Kier molecular flexibility index (Phi) is 5.16. The highest BCUT2D eigenvalue weighted by Crippen LogP contribution is 2.44. The molecule has 2 aliphatic rings. The van der Waals surface area contributed by atoms with Gasteiger partial charge >= 0.3 is 0 Å². The fraction of sp³-hybridized carbons (Fsp3) is 0.684. The van der Waals surface area contributed by atoms with E-state index in [-0.39, 0.29) is 4.75 Å². The van der Waals surface area contributed by atoms with Crippen LogP contribution in [0, 0.1) is 5.92 Å². The predicted molar refractivity (Wildman–Crippen MR) is 96.6 cm³/mol. The van der Waals surface area contributed by atoms with Crippen LogP contribution in [0.1, 0.15) is 51.6 Å². The largest absolute Gasteiger partial charge is 0.314 e. The maximum absolute atomic E-state index is 3.50. The van der Waals surface area contributed by atoms with Crippen LogP contribution in [0.2, 0.25) is 0 Å². The van der Waals surface area contributed by atoms with Gasteiger partial charge in [-0.25, -0.2) is 0 Å². The molecule has 1 N–H and O–H groups in total. The van der Waals surface area contributed by atoms with E-state index in [0.717, 1.165) is 19.0 Å². The molecule has 0 bridgehead atoms. The minimum atomic E-state index is 0.268. The van der Waals surface area contributed by atoms with Crippen molar-refractivity contribution in [3.8, 4) is 0 Å². The number of nitrogens with one attached hydrogen (secondary N) is 1. The lowest BCUT2D eigenvalue weighted by atomic mass is 9.98. The van der Waals surface area contributed by atoms with Crippen LogP contribution in [-0.2, 0) is 0 Å². The van der Waals surface area contributed by atoms with E-state index in [1.54, 1.807) is 5.56 Å². The first-order valence-corrected chi connectivity index (χ1v) is 9.57. The van der Waals surface area contributed by atoms with E-state index in [0.29, 0.717) is 6.04 Å². The van der Waals surface area contributed by atoms with E-state index >= 15 is 0 Å². The first-order chi connectivity index (χ1) is 10.5. The van der Waals surface area contributed by atoms with Crippen LogP contribution in [-0.4, -0.2) is 35.8 Å². The van der Waals surface area contributed by atoms with E-state index in [1.165, 1.54) is 37.2 Å². The number of hydrogen-bond acceptors (Lipinski definition) is 3. The van der Waals surface area contributed by atoms with Crippen molar-refractivity contribution in [2.45, 2.75) is 55.7 Å².